The largest absolute Gasteiger partial charge is 0.404 e. The maximum atomic E-state index is 12.4. The highest BCUT2D eigenvalue weighted by atomic mass is 16.3. The maximum Gasteiger partial charge on any atom is 0.189 e. The molecule has 0 saturated heterocycles. The van der Waals surface area contributed by atoms with Gasteiger partial charge in [0.15, 0.2) is 5.78 Å². The molecule has 0 saturated carbocycles. The third-order valence-electron chi connectivity index (χ3n) is 4.98. The number of hydrogen-bond donors (Lipinski definition) is 3. The van der Waals surface area contributed by atoms with Crippen molar-refractivity contribution in [1.29, 1.82) is 0 Å². The Kier molecular flexibility index (Phi) is 6.54. The Balaban J connectivity index is 1.87. The van der Waals surface area contributed by atoms with Gasteiger partial charge in [-0.1, -0.05) is 24.3 Å². The summed E-state index contributed by atoms with van der Waals surface area (Å²) in [6, 6.07) is 11.3. The fraction of sp³-hybridized carbons (Fsp3) is 0.227. The number of fused-ring (bicyclic) bond motifs is 1. The fourth-order valence-electron chi connectivity index (χ4n) is 3.53. The number of aliphatic imine (C=N–C) groups is 1. The smallest absolute Gasteiger partial charge is 0.189 e. The van der Waals surface area contributed by atoms with Gasteiger partial charge in [0.1, 0.15) is 6.23 Å². The van der Waals surface area contributed by atoms with E-state index in [9.17, 15) is 9.90 Å². The van der Waals surface area contributed by atoms with Crippen molar-refractivity contribution >= 4 is 12.0 Å². The monoisotopic (exact) mass is 391 g/mol. The van der Waals surface area contributed by atoms with Crippen LogP contribution in [0.2, 0.25) is 0 Å². The predicted molar refractivity (Wildman–Crippen MR) is 113 cm³/mol. The number of carbonyl (C=O) groups excluding carboxylic acids is 1. The number of aliphatic hydroxyl groups is 1. The van der Waals surface area contributed by atoms with Crippen LogP contribution in [0.15, 0.2) is 77.3 Å². The van der Waals surface area contributed by atoms with Gasteiger partial charge in [0, 0.05) is 56.3 Å². The van der Waals surface area contributed by atoms with Crippen molar-refractivity contribution in [2.75, 3.05) is 13.6 Å². The van der Waals surface area contributed by atoms with E-state index in [4.69, 9.17) is 11.5 Å². The van der Waals surface area contributed by atoms with E-state index in [1.807, 2.05) is 23.1 Å². The lowest BCUT2D eigenvalue weighted by molar-refractivity contribution is 0.0177. The van der Waals surface area contributed by atoms with Crippen LogP contribution < -0.4 is 11.5 Å². The molecule has 0 spiro atoms. The maximum absolute atomic E-state index is 12.4. The molecule has 5 N–H and O–H groups in total. The number of ketones is 1. The number of benzene rings is 1. The number of pyridine rings is 1. The first kappa shape index (κ1) is 20.4. The number of rotatable bonds is 6. The Morgan fingerprint density at radius 2 is 2.14 bits per heavy atom. The second kappa shape index (κ2) is 9.27. The number of aliphatic hydroxyl groups excluding tert-OH is 1. The number of hydrogen-bond acceptors (Lipinski definition) is 7. The molecule has 2 aromatic rings. The SMILES string of the molecule is CN=C/C(=C\N)[C@@H]1CN(C(O)/C(N)=C/C(=O)c2cccnc2)Cc2ccccc21. The van der Waals surface area contributed by atoms with Gasteiger partial charge in [0.05, 0.1) is 5.70 Å². The van der Waals surface area contributed by atoms with E-state index in [1.165, 1.54) is 18.5 Å². The van der Waals surface area contributed by atoms with Crippen LogP contribution in [0, 0.1) is 0 Å². The van der Waals surface area contributed by atoms with Gasteiger partial charge in [-0.15, -0.1) is 0 Å². The van der Waals surface area contributed by atoms with E-state index in [2.05, 4.69) is 16.0 Å². The summed E-state index contributed by atoms with van der Waals surface area (Å²) in [5.74, 6) is -0.366. The van der Waals surface area contributed by atoms with E-state index in [-0.39, 0.29) is 17.4 Å². The first-order chi connectivity index (χ1) is 14.0. The van der Waals surface area contributed by atoms with Crippen LogP contribution in [0.25, 0.3) is 0 Å². The lowest BCUT2D eigenvalue weighted by Gasteiger charge is -2.37. The summed E-state index contributed by atoms with van der Waals surface area (Å²) in [6.07, 6.45) is 6.46. The molecule has 2 atom stereocenters. The minimum Gasteiger partial charge on any atom is -0.404 e. The van der Waals surface area contributed by atoms with E-state index < -0.39 is 6.23 Å². The van der Waals surface area contributed by atoms with Gasteiger partial charge in [-0.25, -0.2) is 0 Å². The van der Waals surface area contributed by atoms with Gasteiger partial charge < -0.3 is 16.6 Å². The Hall–Kier alpha value is -3.29. The molecule has 29 heavy (non-hydrogen) atoms. The van der Waals surface area contributed by atoms with Gasteiger partial charge in [-0.2, -0.15) is 0 Å². The summed E-state index contributed by atoms with van der Waals surface area (Å²) in [7, 11) is 1.69. The van der Waals surface area contributed by atoms with Crippen LogP contribution in [0.1, 0.15) is 27.4 Å². The van der Waals surface area contributed by atoms with E-state index in [0.717, 1.165) is 16.7 Å². The highest BCUT2D eigenvalue weighted by molar-refractivity contribution is 6.04. The molecule has 0 bridgehead atoms. The third kappa shape index (κ3) is 4.59. The van der Waals surface area contributed by atoms with Crippen LogP contribution in [0.4, 0.5) is 0 Å². The summed E-state index contributed by atoms with van der Waals surface area (Å²) in [4.78, 5) is 22.2. The van der Waals surface area contributed by atoms with Gasteiger partial charge in [0.2, 0.25) is 0 Å². The molecule has 0 aliphatic carbocycles. The lowest BCUT2D eigenvalue weighted by atomic mass is 9.84. The summed E-state index contributed by atoms with van der Waals surface area (Å²) < 4.78 is 0. The van der Waals surface area contributed by atoms with Crippen LogP contribution >= 0.6 is 0 Å². The summed E-state index contributed by atoms with van der Waals surface area (Å²) >= 11 is 0. The second-order valence-electron chi connectivity index (χ2n) is 6.86. The number of carbonyl (C=O) groups is 1. The first-order valence-corrected chi connectivity index (χ1v) is 9.30. The molecule has 3 rings (SSSR count). The Morgan fingerprint density at radius 1 is 1.34 bits per heavy atom. The molecule has 1 unspecified atom stereocenters. The van der Waals surface area contributed by atoms with Crippen molar-refractivity contribution in [2.24, 2.45) is 16.5 Å². The van der Waals surface area contributed by atoms with Crippen molar-refractivity contribution < 1.29 is 9.90 Å². The van der Waals surface area contributed by atoms with Gasteiger partial charge in [-0.3, -0.25) is 19.7 Å². The Labute approximate surface area is 170 Å². The van der Waals surface area contributed by atoms with Crippen LogP contribution in [-0.2, 0) is 6.54 Å². The summed E-state index contributed by atoms with van der Waals surface area (Å²) in [6.45, 7) is 0.993. The molecule has 0 radical (unpaired) electrons. The lowest BCUT2D eigenvalue weighted by Crippen LogP contribution is -2.44. The topological polar surface area (TPSA) is 118 Å². The van der Waals surface area contributed by atoms with Gasteiger partial charge in [0.25, 0.3) is 0 Å². The highest BCUT2D eigenvalue weighted by Gasteiger charge is 2.31. The molecule has 0 fully saturated rings. The molecule has 2 heterocycles. The minimum absolute atomic E-state index is 0.0647. The second-order valence-corrected chi connectivity index (χ2v) is 6.86. The van der Waals surface area contributed by atoms with Crippen LogP contribution in [0.3, 0.4) is 0 Å². The fourth-order valence-corrected chi connectivity index (χ4v) is 3.53. The molecular weight excluding hydrogens is 366 g/mol. The molecule has 150 valence electrons. The van der Waals surface area contributed by atoms with Gasteiger partial charge in [-0.05, 0) is 35.0 Å². The quantitative estimate of drug-likeness (QED) is 0.391. The van der Waals surface area contributed by atoms with E-state index in [1.54, 1.807) is 31.6 Å². The minimum atomic E-state index is -1.11. The zero-order valence-electron chi connectivity index (χ0n) is 16.3. The molecule has 1 aliphatic rings. The zero-order valence-corrected chi connectivity index (χ0v) is 16.3. The van der Waals surface area contributed by atoms with E-state index >= 15 is 0 Å². The molecule has 0 amide bonds. The van der Waals surface area contributed by atoms with Crippen molar-refractivity contribution in [2.45, 2.75) is 18.7 Å². The van der Waals surface area contributed by atoms with Crippen molar-refractivity contribution in [1.82, 2.24) is 9.88 Å². The summed E-state index contributed by atoms with van der Waals surface area (Å²) in [5.41, 5.74) is 15.5. The van der Waals surface area contributed by atoms with E-state index in [0.29, 0.717) is 18.7 Å². The molecule has 7 heteroatoms. The third-order valence-corrected chi connectivity index (χ3v) is 4.98. The molecule has 7 nitrogen and oxygen atoms in total. The number of aromatic nitrogens is 1. The molecular formula is C22H25N5O2. The number of nitrogens with two attached hydrogens (primary N) is 2. The van der Waals surface area contributed by atoms with Crippen molar-refractivity contribution in [3.8, 4) is 0 Å². The Bertz CT molecular complexity index is 953. The Morgan fingerprint density at radius 3 is 2.83 bits per heavy atom. The summed E-state index contributed by atoms with van der Waals surface area (Å²) in [5, 5.41) is 10.8. The average Bonchev–Trinajstić information content (AvgIpc) is 2.76. The normalized spacial score (nSPS) is 19.2. The molecule has 1 aromatic carbocycles. The predicted octanol–water partition coefficient (Wildman–Crippen LogP) is 1.57. The van der Waals surface area contributed by atoms with Crippen molar-refractivity contribution in [3.63, 3.8) is 0 Å². The van der Waals surface area contributed by atoms with Gasteiger partial charge >= 0.3 is 0 Å². The van der Waals surface area contributed by atoms with Crippen molar-refractivity contribution in [3.05, 3.63) is 89.0 Å². The average molecular weight is 391 g/mol. The van der Waals surface area contributed by atoms with Crippen LogP contribution in [0.5, 0.6) is 0 Å². The number of allylic oxidation sites excluding steroid dienone is 1. The molecule has 1 aliphatic heterocycles. The zero-order chi connectivity index (χ0) is 20.8. The van der Waals surface area contributed by atoms with Crippen LogP contribution in [-0.4, -0.2) is 46.8 Å². The highest BCUT2D eigenvalue weighted by Crippen LogP contribution is 2.33. The first-order valence-electron chi connectivity index (χ1n) is 9.30. The molecule has 1 aromatic heterocycles. The standard InChI is InChI=1S/C22H25N5O2/c1-25-11-17(10-23)19-14-27(13-16-5-2-3-7-18(16)19)22(29)20(24)9-21(28)15-6-4-8-26-12-15/h2-12,19,22,29H,13-14,23-24H2,1H3/b17-10+,20-9-,25-11?/t19-,22?/m0/s1. The number of nitrogens with zero attached hydrogens (tertiary/aromatic N) is 3.